The first-order chi connectivity index (χ1) is 9.78. The maximum Gasteiger partial charge on any atom is 0.122 e. The van der Waals surface area contributed by atoms with Gasteiger partial charge in [-0.25, -0.2) is 0 Å². The largest absolute Gasteiger partial charge is 0.493 e. The molecule has 4 nitrogen and oxygen atoms in total. The van der Waals surface area contributed by atoms with Gasteiger partial charge in [-0.2, -0.15) is 0 Å². The van der Waals surface area contributed by atoms with Crippen molar-refractivity contribution < 1.29 is 4.74 Å². The molecule has 2 heterocycles. The van der Waals surface area contributed by atoms with Crippen molar-refractivity contribution in [1.29, 1.82) is 0 Å². The van der Waals surface area contributed by atoms with Gasteiger partial charge in [0.1, 0.15) is 5.75 Å². The molecule has 0 aliphatic carbocycles. The van der Waals surface area contributed by atoms with E-state index in [4.69, 9.17) is 4.74 Å². The van der Waals surface area contributed by atoms with E-state index in [9.17, 15) is 0 Å². The Hall–Kier alpha value is -1.36. The highest BCUT2D eigenvalue weighted by Crippen LogP contribution is 2.34. The molecule has 106 valence electrons. The first-order valence-electron chi connectivity index (χ1n) is 7.03. The summed E-state index contributed by atoms with van der Waals surface area (Å²) in [5, 5.41) is 8.49. The molecule has 1 aliphatic heterocycles. The van der Waals surface area contributed by atoms with Crippen LogP contribution < -0.4 is 4.74 Å². The number of aromatic nitrogens is 3. The van der Waals surface area contributed by atoms with Gasteiger partial charge in [-0.3, -0.25) is 4.68 Å². The molecule has 0 fully saturated rings. The summed E-state index contributed by atoms with van der Waals surface area (Å²) in [6.45, 7) is 3.77. The number of hydrogen-bond acceptors (Lipinski definition) is 3. The second-order valence-corrected chi connectivity index (χ2v) is 6.22. The van der Waals surface area contributed by atoms with Crippen LogP contribution in [0.4, 0.5) is 0 Å². The Morgan fingerprint density at radius 3 is 3.15 bits per heavy atom. The molecule has 0 radical (unpaired) electrons. The number of ether oxygens (including phenoxy) is 1. The maximum absolute atomic E-state index is 5.70. The monoisotopic (exact) mass is 335 g/mol. The normalized spacial score (nSPS) is 19.2. The standard InChI is InChI=1S/C15H18BrN3O/c1-2-13(16)14-10-19(18-17-14)9-11-7-8-20-15-6-4-3-5-12(11)15/h3-6,10-11,13H,2,7-9H2,1H3. The number of para-hydroxylation sites is 1. The van der Waals surface area contributed by atoms with Gasteiger partial charge in [0.15, 0.2) is 0 Å². The zero-order valence-electron chi connectivity index (χ0n) is 11.5. The van der Waals surface area contributed by atoms with Crippen LogP contribution in [0.5, 0.6) is 5.75 Å². The van der Waals surface area contributed by atoms with E-state index < -0.39 is 0 Å². The molecule has 0 N–H and O–H groups in total. The number of halogens is 1. The molecule has 0 saturated carbocycles. The molecule has 1 aliphatic rings. The van der Waals surface area contributed by atoms with Crippen LogP contribution in [0.25, 0.3) is 0 Å². The van der Waals surface area contributed by atoms with E-state index in [0.717, 1.165) is 37.4 Å². The summed E-state index contributed by atoms with van der Waals surface area (Å²) in [6, 6.07) is 8.28. The van der Waals surface area contributed by atoms with Crippen molar-refractivity contribution >= 4 is 15.9 Å². The lowest BCUT2D eigenvalue weighted by atomic mass is 9.93. The summed E-state index contributed by atoms with van der Waals surface area (Å²) in [4.78, 5) is 0.290. The molecule has 20 heavy (non-hydrogen) atoms. The fraction of sp³-hybridized carbons (Fsp3) is 0.467. The smallest absolute Gasteiger partial charge is 0.122 e. The van der Waals surface area contributed by atoms with Gasteiger partial charge in [-0.05, 0) is 24.5 Å². The minimum atomic E-state index is 0.290. The van der Waals surface area contributed by atoms with Crippen molar-refractivity contribution in [3.05, 3.63) is 41.7 Å². The molecule has 1 aromatic carbocycles. The lowest BCUT2D eigenvalue weighted by molar-refractivity contribution is 0.256. The van der Waals surface area contributed by atoms with Crippen LogP contribution in [0.3, 0.4) is 0 Å². The van der Waals surface area contributed by atoms with Gasteiger partial charge in [-0.1, -0.05) is 46.3 Å². The first kappa shape index (κ1) is 13.6. The quantitative estimate of drug-likeness (QED) is 0.800. The van der Waals surface area contributed by atoms with E-state index in [0.29, 0.717) is 10.7 Å². The molecular formula is C15H18BrN3O. The molecule has 2 atom stereocenters. The number of hydrogen-bond donors (Lipinski definition) is 0. The summed E-state index contributed by atoms with van der Waals surface area (Å²) >= 11 is 3.61. The molecule has 2 unspecified atom stereocenters. The summed E-state index contributed by atoms with van der Waals surface area (Å²) in [5.74, 6) is 1.46. The Morgan fingerprint density at radius 1 is 1.45 bits per heavy atom. The van der Waals surface area contributed by atoms with Crippen molar-refractivity contribution in [2.75, 3.05) is 6.61 Å². The average Bonchev–Trinajstić information content (AvgIpc) is 2.95. The van der Waals surface area contributed by atoms with Crippen molar-refractivity contribution in [1.82, 2.24) is 15.0 Å². The highest BCUT2D eigenvalue weighted by molar-refractivity contribution is 9.09. The van der Waals surface area contributed by atoms with Crippen molar-refractivity contribution in [3.8, 4) is 5.75 Å². The Balaban J connectivity index is 1.77. The van der Waals surface area contributed by atoms with Crippen LogP contribution in [0.2, 0.25) is 0 Å². The van der Waals surface area contributed by atoms with Crippen LogP contribution >= 0.6 is 15.9 Å². The number of fused-ring (bicyclic) bond motifs is 1. The Bertz CT molecular complexity index is 584. The van der Waals surface area contributed by atoms with E-state index in [1.54, 1.807) is 0 Å². The predicted molar refractivity (Wildman–Crippen MR) is 81.3 cm³/mol. The summed E-state index contributed by atoms with van der Waals surface area (Å²) in [6.07, 6.45) is 4.08. The minimum absolute atomic E-state index is 0.290. The van der Waals surface area contributed by atoms with Gasteiger partial charge < -0.3 is 4.74 Å². The highest BCUT2D eigenvalue weighted by Gasteiger charge is 2.22. The van der Waals surface area contributed by atoms with E-state index in [1.807, 2.05) is 23.0 Å². The van der Waals surface area contributed by atoms with Gasteiger partial charge in [0.2, 0.25) is 0 Å². The zero-order chi connectivity index (χ0) is 13.9. The van der Waals surface area contributed by atoms with Gasteiger partial charge in [0, 0.05) is 18.7 Å². The minimum Gasteiger partial charge on any atom is -0.493 e. The molecule has 0 bridgehead atoms. The van der Waals surface area contributed by atoms with Crippen molar-refractivity contribution in [3.63, 3.8) is 0 Å². The second kappa shape index (κ2) is 5.95. The molecule has 5 heteroatoms. The first-order valence-corrected chi connectivity index (χ1v) is 7.95. The third kappa shape index (κ3) is 2.73. The van der Waals surface area contributed by atoms with Crippen LogP contribution in [0.15, 0.2) is 30.5 Å². The fourth-order valence-electron chi connectivity index (χ4n) is 2.59. The molecule has 3 rings (SSSR count). The van der Waals surface area contributed by atoms with Crippen LogP contribution in [-0.4, -0.2) is 21.6 Å². The molecule has 0 saturated heterocycles. The molecule has 2 aromatic rings. The summed E-state index contributed by atoms with van der Waals surface area (Å²) < 4.78 is 7.65. The second-order valence-electron chi connectivity index (χ2n) is 5.11. The maximum atomic E-state index is 5.70. The van der Waals surface area contributed by atoms with E-state index in [-0.39, 0.29) is 0 Å². The Morgan fingerprint density at radius 2 is 2.30 bits per heavy atom. The Labute approximate surface area is 127 Å². The SMILES string of the molecule is CCC(Br)c1cn(CC2CCOc3ccccc32)nn1. The van der Waals surface area contributed by atoms with E-state index in [1.165, 1.54) is 5.56 Å². The summed E-state index contributed by atoms with van der Waals surface area (Å²) in [7, 11) is 0. The lowest BCUT2D eigenvalue weighted by Crippen LogP contribution is -2.18. The predicted octanol–water partition coefficient (Wildman–Crippen LogP) is 3.69. The van der Waals surface area contributed by atoms with Crippen molar-refractivity contribution in [2.24, 2.45) is 0 Å². The molecule has 1 aromatic heterocycles. The average molecular weight is 336 g/mol. The van der Waals surface area contributed by atoms with Crippen LogP contribution in [0.1, 0.15) is 41.8 Å². The number of rotatable bonds is 4. The fourth-order valence-corrected chi connectivity index (χ4v) is 2.80. The Kier molecular flexibility index (Phi) is 4.05. The van der Waals surface area contributed by atoms with E-state index in [2.05, 4.69) is 45.3 Å². The number of nitrogens with zero attached hydrogens (tertiary/aromatic N) is 3. The summed E-state index contributed by atoms with van der Waals surface area (Å²) in [5.41, 5.74) is 2.29. The van der Waals surface area contributed by atoms with Gasteiger partial charge >= 0.3 is 0 Å². The van der Waals surface area contributed by atoms with Crippen molar-refractivity contribution in [2.45, 2.75) is 37.1 Å². The highest BCUT2D eigenvalue weighted by atomic mass is 79.9. The molecule has 0 spiro atoms. The topological polar surface area (TPSA) is 39.9 Å². The zero-order valence-corrected chi connectivity index (χ0v) is 13.1. The molecular weight excluding hydrogens is 318 g/mol. The number of benzene rings is 1. The third-order valence-electron chi connectivity index (χ3n) is 3.73. The van der Waals surface area contributed by atoms with Gasteiger partial charge in [0.05, 0.1) is 17.1 Å². The van der Waals surface area contributed by atoms with Crippen LogP contribution in [0, 0.1) is 0 Å². The number of alkyl halides is 1. The lowest BCUT2D eigenvalue weighted by Gasteiger charge is -2.25. The van der Waals surface area contributed by atoms with E-state index >= 15 is 0 Å². The molecule has 0 amide bonds. The van der Waals surface area contributed by atoms with Gasteiger partial charge in [-0.15, -0.1) is 5.10 Å². The van der Waals surface area contributed by atoms with Crippen LogP contribution in [-0.2, 0) is 6.54 Å². The van der Waals surface area contributed by atoms with Gasteiger partial charge in [0.25, 0.3) is 0 Å². The third-order valence-corrected chi connectivity index (χ3v) is 4.84.